The molecule has 4 rings (SSSR count). The number of pyridine rings is 1. The van der Waals surface area contributed by atoms with Gasteiger partial charge in [-0.15, -0.1) is 0 Å². The van der Waals surface area contributed by atoms with Crippen molar-refractivity contribution < 1.29 is 0 Å². The highest BCUT2D eigenvalue weighted by molar-refractivity contribution is 5.77. The Morgan fingerprint density at radius 1 is 1.09 bits per heavy atom. The lowest BCUT2D eigenvalue weighted by molar-refractivity contribution is 0.571. The Morgan fingerprint density at radius 2 is 1.87 bits per heavy atom. The van der Waals surface area contributed by atoms with Gasteiger partial charge < -0.3 is 19.8 Å². The Kier molecular flexibility index (Phi) is 3.59. The van der Waals surface area contributed by atoms with E-state index in [2.05, 4.69) is 27.3 Å². The smallest absolute Gasteiger partial charge is 0.274 e. The van der Waals surface area contributed by atoms with E-state index in [0.717, 1.165) is 43.2 Å². The van der Waals surface area contributed by atoms with Crippen LogP contribution >= 0.6 is 0 Å². The normalized spacial score (nSPS) is 15.2. The van der Waals surface area contributed by atoms with E-state index in [9.17, 15) is 4.79 Å². The third-order valence-corrected chi connectivity index (χ3v) is 4.23. The Morgan fingerprint density at radius 3 is 2.65 bits per heavy atom. The van der Waals surface area contributed by atoms with Crippen LogP contribution in [0.15, 0.2) is 47.4 Å². The van der Waals surface area contributed by atoms with Gasteiger partial charge in [-0.25, -0.2) is 4.98 Å². The Bertz CT molecular complexity index is 862. The van der Waals surface area contributed by atoms with Crippen LogP contribution in [-0.2, 0) is 6.54 Å². The second-order valence-corrected chi connectivity index (χ2v) is 5.76. The third-order valence-electron chi connectivity index (χ3n) is 4.23. The van der Waals surface area contributed by atoms with Gasteiger partial charge >= 0.3 is 0 Å². The number of H-pyrrole nitrogens is 1. The van der Waals surface area contributed by atoms with Gasteiger partial charge in [-0.1, -0.05) is 30.3 Å². The molecule has 3 aromatic rings. The first-order valence-corrected chi connectivity index (χ1v) is 7.90. The van der Waals surface area contributed by atoms with E-state index in [0.29, 0.717) is 12.1 Å². The Labute approximate surface area is 133 Å². The molecule has 0 radical (unpaired) electrons. The molecule has 0 unspecified atom stereocenters. The number of imidazole rings is 1. The summed E-state index contributed by atoms with van der Waals surface area (Å²) < 4.78 is 2.04. The van der Waals surface area contributed by atoms with E-state index in [1.54, 1.807) is 6.20 Å². The topological polar surface area (TPSA) is 66.0 Å². The lowest BCUT2D eigenvalue weighted by Crippen LogP contribution is -2.44. The predicted octanol–water partition coefficient (Wildman–Crippen LogP) is 1.18. The fraction of sp³-hybridized carbons (Fsp3) is 0.294. The van der Waals surface area contributed by atoms with Crippen molar-refractivity contribution in [3.05, 3.63) is 58.5 Å². The van der Waals surface area contributed by atoms with Crippen LogP contribution in [0.2, 0.25) is 0 Å². The molecule has 3 heterocycles. The first-order chi connectivity index (χ1) is 11.3. The molecule has 118 valence electrons. The lowest BCUT2D eigenvalue weighted by Gasteiger charge is -2.28. The lowest BCUT2D eigenvalue weighted by atomic mass is 10.2. The van der Waals surface area contributed by atoms with Gasteiger partial charge in [0.25, 0.3) is 5.56 Å². The summed E-state index contributed by atoms with van der Waals surface area (Å²) in [5, 5.41) is 3.35. The number of nitrogens with zero attached hydrogens (tertiary/aromatic N) is 3. The molecule has 1 aromatic carbocycles. The van der Waals surface area contributed by atoms with Crippen molar-refractivity contribution >= 4 is 17.0 Å². The van der Waals surface area contributed by atoms with E-state index in [4.69, 9.17) is 4.98 Å². The summed E-state index contributed by atoms with van der Waals surface area (Å²) >= 11 is 0. The van der Waals surface area contributed by atoms with Gasteiger partial charge in [0.1, 0.15) is 5.52 Å². The Hall–Kier alpha value is -2.60. The van der Waals surface area contributed by atoms with Crippen LogP contribution < -0.4 is 15.8 Å². The molecule has 1 fully saturated rings. The monoisotopic (exact) mass is 309 g/mol. The molecule has 6 nitrogen and oxygen atoms in total. The summed E-state index contributed by atoms with van der Waals surface area (Å²) in [5.41, 5.74) is 2.46. The molecule has 1 aliphatic heterocycles. The van der Waals surface area contributed by atoms with Crippen molar-refractivity contribution in [1.82, 2.24) is 19.9 Å². The van der Waals surface area contributed by atoms with Crippen LogP contribution in [0, 0.1) is 0 Å². The van der Waals surface area contributed by atoms with E-state index < -0.39 is 0 Å². The average molecular weight is 309 g/mol. The van der Waals surface area contributed by atoms with Crippen molar-refractivity contribution in [1.29, 1.82) is 0 Å². The van der Waals surface area contributed by atoms with Gasteiger partial charge in [0, 0.05) is 32.4 Å². The molecule has 0 amide bonds. The molecule has 1 aliphatic rings. The second kappa shape index (κ2) is 5.89. The van der Waals surface area contributed by atoms with Crippen LogP contribution in [0.3, 0.4) is 0 Å². The zero-order valence-corrected chi connectivity index (χ0v) is 12.8. The van der Waals surface area contributed by atoms with Crippen LogP contribution in [-0.4, -0.2) is 40.7 Å². The number of rotatable bonds is 3. The minimum atomic E-state index is -0.0904. The van der Waals surface area contributed by atoms with Crippen molar-refractivity contribution in [3.63, 3.8) is 0 Å². The van der Waals surface area contributed by atoms with Crippen molar-refractivity contribution in [2.24, 2.45) is 0 Å². The summed E-state index contributed by atoms with van der Waals surface area (Å²) in [6.07, 6.45) is 1.66. The number of nitrogens with one attached hydrogen (secondary N) is 2. The number of fused-ring (bicyclic) bond motifs is 1. The molecule has 0 spiro atoms. The van der Waals surface area contributed by atoms with E-state index >= 15 is 0 Å². The predicted molar refractivity (Wildman–Crippen MR) is 91.0 cm³/mol. The summed E-state index contributed by atoms with van der Waals surface area (Å²) in [7, 11) is 0. The van der Waals surface area contributed by atoms with Crippen LogP contribution in [0.1, 0.15) is 5.56 Å². The largest absolute Gasteiger partial charge is 0.340 e. The maximum Gasteiger partial charge on any atom is 0.274 e. The summed E-state index contributed by atoms with van der Waals surface area (Å²) in [6.45, 7) is 4.31. The van der Waals surface area contributed by atoms with Crippen LogP contribution in [0.4, 0.5) is 5.95 Å². The highest BCUT2D eigenvalue weighted by Gasteiger charge is 2.20. The van der Waals surface area contributed by atoms with Gasteiger partial charge in [-0.2, -0.15) is 0 Å². The van der Waals surface area contributed by atoms with Gasteiger partial charge in [0.15, 0.2) is 0 Å². The van der Waals surface area contributed by atoms with E-state index in [1.807, 2.05) is 28.8 Å². The summed E-state index contributed by atoms with van der Waals surface area (Å²) in [6, 6.07) is 12.0. The zero-order valence-electron chi connectivity index (χ0n) is 12.8. The maximum absolute atomic E-state index is 12.3. The van der Waals surface area contributed by atoms with Gasteiger partial charge in [0.2, 0.25) is 5.95 Å². The molecule has 0 aliphatic carbocycles. The van der Waals surface area contributed by atoms with E-state index in [-0.39, 0.29) is 5.56 Å². The van der Waals surface area contributed by atoms with Crippen LogP contribution in [0.25, 0.3) is 11.0 Å². The third kappa shape index (κ3) is 2.61. The Balaban J connectivity index is 1.85. The minimum absolute atomic E-state index is 0.0904. The van der Waals surface area contributed by atoms with Crippen molar-refractivity contribution in [2.75, 3.05) is 31.1 Å². The van der Waals surface area contributed by atoms with Crippen molar-refractivity contribution in [3.8, 4) is 0 Å². The summed E-state index contributed by atoms with van der Waals surface area (Å²) in [4.78, 5) is 22.1. The van der Waals surface area contributed by atoms with E-state index in [1.165, 1.54) is 0 Å². The standard InChI is InChI=1S/C17H19N5O/c23-16-15-14(6-7-19-16)20-17(21-10-8-18-9-11-21)22(15)12-13-4-2-1-3-5-13/h1-7,18H,8-12H2,(H,19,23). The number of aromatic amines is 1. The second-order valence-electron chi connectivity index (χ2n) is 5.76. The number of benzene rings is 1. The molecule has 1 saturated heterocycles. The molecule has 0 bridgehead atoms. The molecular weight excluding hydrogens is 290 g/mol. The van der Waals surface area contributed by atoms with Gasteiger partial charge in [0.05, 0.1) is 12.1 Å². The minimum Gasteiger partial charge on any atom is -0.340 e. The number of piperazine rings is 1. The molecule has 23 heavy (non-hydrogen) atoms. The highest BCUT2D eigenvalue weighted by atomic mass is 16.1. The zero-order chi connectivity index (χ0) is 15.6. The van der Waals surface area contributed by atoms with Gasteiger partial charge in [-0.3, -0.25) is 4.79 Å². The SMILES string of the molecule is O=c1[nH]ccc2nc(N3CCNCC3)n(Cc3ccccc3)c12. The van der Waals surface area contributed by atoms with Gasteiger partial charge in [-0.05, 0) is 11.6 Å². The first kappa shape index (κ1) is 14.0. The number of aromatic nitrogens is 3. The molecule has 0 saturated carbocycles. The quantitative estimate of drug-likeness (QED) is 0.762. The number of anilines is 1. The average Bonchev–Trinajstić information content (AvgIpc) is 2.96. The van der Waals surface area contributed by atoms with Crippen molar-refractivity contribution in [2.45, 2.75) is 6.54 Å². The van der Waals surface area contributed by atoms with Crippen LogP contribution in [0.5, 0.6) is 0 Å². The molecule has 0 atom stereocenters. The molecule has 2 aromatic heterocycles. The fourth-order valence-corrected chi connectivity index (χ4v) is 3.10. The first-order valence-electron chi connectivity index (χ1n) is 7.90. The number of hydrogen-bond donors (Lipinski definition) is 2. The molecular formula is C17H19N5O. The fourth-order valence-electron chi connectivity index (χ4n) is 3.10. The molecule has 6 heteroatoms. The maximum atomic E-state index is 12.3. The summed E-state index contributed by atoms with van der Waals surface area (Å²) in [5.74, 6) is 0.877. The highest BCUT2D eigenvalue weighted by Crippen LogP contribution is 2.22. The molecule has 2 N–H and O–H groups in total. The number of hydrogen-bond acceptors (Lipinski definition) is 4.